The number of hydrogen-bond donors (Lipinski definition) is 0. The van der Waals surface area contributed by atoms with E-state index in [0.29, 0.717) is 37.7 Å². The van der Waals surface area contributed by atoms with Crippen LogP contribution in [0.4, 0.5) is 5.69 Å². The first-order valence-corrected chi connectivity index (χ1v) is 14.7. The third-order valence-electron chi connectivity index (χ3n) is 7.31. The van der Waals surface area contributed by atoms with Crippen molar-refractivity contribution >= 4 is 51.6 Å². The molecule has 0 bridgehead atoms. The van der Waals surface area contributed by atoms with Crippen LogP contribution in [0.3, 0.4) is 0 Å². The van der Waals surface area contributed by atoms with Crippen LogP contribution in [0.5, 0.6) is 0 Å². The Kier molecular flexibility index (Phi) is 7.55. The number of aromatic nitrogens is 2. The molecule has 1 atom stereocenters. The minimum absolute atomic E-state index is 0.0374. The summed E-state index contributed by atoms with van der Waals surface area (Å²) in [4.78, 5) is 42.9. The summed E-state index contributed by atoms with van der Waals surface area (Å²) in [6, 6.07) is 20.7. The van der Waals surface area contributed by atoms with Crippen LogP contribution in [-0.4, -0.2) is 26.6 Å². The van der Waals surface area contributed by atoms with Gasteiger partial charge in [-0.15, -0.1) is 0 Å². The maximum absolute atomic E-state index is 14.0. The number of allylic oxidation sites excluding steroid dienone is 1. The summed E-state index contributed by atoms with van der Waals surface area (Å²) in [5.41, 5.74) is 3.98. The van der Waals surface area contributed by atoms with Gasteiger partial charge in [0.1, 0.15) is 0 Å². The van der Waals surface area contributed by atoms with Crippen LogP contribution in [0.15, 0.2) is 100 Å². The molecule has 1 unspecified atom stereocenters. The van der Waals surface area contributed by atoms with Crippen molar-refractivity contribution in [2.75, 3.05) is 6.61 Å². The molecule has 0 spiro atoms. The third-order valence-corrected chi connectivity index (χ3v) is 8.54. The van der Waals surface area contributed by atoms with E-state index in [1.165, 1.54) is 23.5 Å². The van der Waals surface area contributed by atoms with E-state index in [-0.39, 0.29) is 17.9 Å². The van der Waals surface area contributed by atoms with Crippen molar-refractivity contribution in [3.63, 3.8) is 0 Å². The van der Waals surface area contributed by atoms with Gasteiger partial charge in [0.2, 0.25) is 0 Å². The smallest absolute Gasteiger partial charge is 0.338 e. The molecular weight excluding hydrogens is 588 g/mol. The summed E-state index contributed by atoms with van der Waals surface area (Å²) >= 11 is 7.41. The molecule has 0 fully saturated rings. The second-order valence-electron chi connectivity index (χ2n) is 10.0. The van der Waals surface area contributed by atoms with Crippen LogP contribution < -0.4 is 14.9 Å². The van der Waals surface area contributed by atoms with Crippen LogP contribution in [-0.2, 0) is 16.1 Å². The van der Waals surface area contributed by atoms with Gasteiger partial charge in [0.05, 0.1) is 33.4 Å². The zero-order valence-electron chi connectivity index (χ0n) is 23.2. The molecule has 0 radical (unpaired) electrons. The van der Waals surface area contributed by atoms with E-state index in [1.807, 2.05) is 36.5 Å². The normalized spacial score (nSPS) is 15.0. The fourth-order valence-corrected chi connectivity index (χ4v) is 6.50. The number of ether oxygens (including phenoxy) is 1. The van der Waals surface area contributed by atoms with Gasteiger partial charge < -0.3 is 9.30 Å². The Labute approximate surface area is 254 Å². The summed E-state index contributed by atoms with van der Waals surface area (Å²) in [7, 11) is 0. The van der Waals surface area contributed by atoms with Crippen LogP contribution in [0.2, 0.25) is 5.02 Å². The maximum Gasteiger partial charge on any atom is 0.338 e. The summed E-state index contributed by atoms with van der Waals surface area (Å²) < 4.78 is 9.44. The molecule has 1 aliphatic rings. The molecule has 0 saturated carbocycles. The first kappa shape index (κ1) is 28.3. The number of carbonyl (C=O) groups excluding carboxylic acids is 1. The minimum atomic E-state index is -0.724. The number of nitro benzene ring substituents is 1. The van der Waals surface area contributed by atoms with Crippen molar-refractivity contribution < 1.29 is 14.5 Å². The lowest BCUT2D eigenvalue weighted by atomic mass is 9.96. The van der Waals surface area contributed by atoms with Gasteiger partial charge >= 0.3 is 5.97 Å². The van der Waals surface area contributed by atoms with E-state index in [4.69, 9.17) is 16.3 Å². The molecule has 216 valence electrons. The fraction of sp³-hybridized carbons (Fsp3) is 0.156. The number of esters is 1. The van der Waals surface area contributed by atoms with E-state index < -0.39 is 16.9 Å². The number of nitro groups is 1. The van der Waals surface area contributed by atoms with Gasteiger partial charge in [-0.2, -0.15) is 0 Å². The van der Waals surface area contributed by atoms with Crippen LogP contribution >= 0.6 is 22.9 Å². The molecule has 3 heterocycles. The van der Waals surface area contributed by atoms with Gasteiger partial charge in [-0.3, -0.25) is 19.5 Å². The lowest BCUT2D eigenvalue weighted by Gasteiger charge is -2.24. The second-order valence-corrected chi connectivity index (χ2v) is 11.5. The van der Waals surface area contributed by atoms with Gasteiger partial charge in [-0.05, 0) is 49.2 Å². The Morgan fingerprint density at radius 2 is 1.84 bits per heavy atom. The van der Waals surface area contributed by atoms with Crippen molar-refractivity contribution in [3.8, 4) is 0 Å². The van der Waals surface area contributed by atoms with E-state index in [1.54, 1.807) is 54.8 Å². The molecular formula is C32H25ClN4O5S. The number of rotatable bonds is 7. The Hall–Kier alpha value is -4.80. The minimum Gasteiger partial charge on any atom is -0.463 e. The number of halogens is 1. The van der Waals surface area contributed by atoms with Crippen molar-refractivity contribution in [3.05, 3.63) is 142 Å². The Bertz CT molecular complexity index is 2110. The molecule has 1 aliphatic heterocycles. The second kappa shape index (κ2) is 11.5. The van der Waals surface area contributed by atoms with Crippen molar-refractivity contribution in [1.29, 1.82) is 0 Å². The number of carbonyl (C=O) groups is 1. The molecule has 9 nitrogen and oxygen atoms in total. The predicted octanol–water partition coefficient (Wildman–Crippen LogP) is 5.36. The van der Waals surface area contributed by atoms with Crippen molar-refractivity contribution in [1.82, 2.24) is 9.13 Å². The molecule has 11 heteroatoms. The van der Waals surface area contributed by atoms with Gasteiger partial charge in [-0.1, -0.05) is 65.4 Å². The summed E-state index contributed by atoms with van der Waals surface area (Å²) in [5.74, 6) is -0.521. The van der Waals surface area contributed by atoms with Crippen molar-refractivity contribution in [2.24, 2.45) is 4.99 Å². The number of hydrogen-bond acceptors (Lipinski definition) is 7. The predicted molar refractivity (Wildman–Crippen MR) is 166 cm³/mol. The van der Waals surface area contributed by atoms with Crippen molar-refractivity contribution in [2.45, 2.75) is 26.4 Å². The monoisotopic (exact) mass is 612 g/mol. The fourth-order valence-electron chi connectivity index (χ4n) is 5.33. The van der Waals surface area contributed by atoms with Crippen LogP contribution in [0.25, 0.3) is 17.0 Å². The number of fused-ring (bicyclic) bond motifs is 2. The SMILES string of the molecule is CCOC(=O)C1=C(C)N=c2s/c(=C\c3cn(Cc4ccc([N+](=O)[O-])cc4)c4ccccc34)c(=O)n2C1c1ccc(Cl)cc1. The van der Waals surface area contributed by atoms with E-state index >= 15 is 0 Å². The molecule has 5 aromatic rings. The van der Waals surface area contributed by atoms with Gasteiger partial charge in [0.25, 0.3) is 11.2 Å². The van der Waals surface area contributed by atoms with Gasteiger partial charge in [0.15, 0.2) is 4.80 Å². The molecule has 43 heavy (non-hydrogen) atoms. The highest BCUT2D eigenvalue weighted by atomic mass is 35.5. The quantitative estimate of drug-likeness (QED) is 0.140. The molecule has 3 aromatic carbocycles. The highest BCUT2D eigenvalue weighted by molar-refractivity contribution is 7.07. The molecule has 0 amide bonds. The lowest BCUT2D eigenvalue weighted by molar-refractivity contribution is -0.384. The molecule has 6 rings (SSSR count). The number of para-hydroxylation sites is 1. The number of thiazole rings is 1. The Balaban J connectivity index is 1.48. The molecule has 0 saturated heterocycles. The highest BCUT2D eigenvalue weighted by Crippen LogP contribution is 2.31. The van der Waals surface area contributed by atoms with Crippen LogP contribution in [0.1, 0.15) is 36.6 Å². The maximum atomic E-state index is 14.0. The number of benzene rings is 3. The Morgan fingerprint density at radius 3 is 2.53 bits per heavy atom. The summed E-state index contributed by atoms with van der Waals surface area (Å²) in [5, 5.41) is 12.6. The van der Waals surface area contributed by atoms with E-state index in [0.717, 1.165) is 22.0 Å². The number of non-ortho nitro benzene ring substituents is 1. The zero-order chi connectivity index (χ0) is 30.2. The zero-order valence-corrected chi connectivity index (χ0v) is 24.8. The van der Waals surface area contributed by atoms with E-state index in [2.05, 4.69) is 9.56 Å². The summed E-state index contributed by atoms with van der Waals surface area (Å²) in [6.45, 7) is 4.17. The first-order chi connectivity index (χ1) is 20.7. The average molecular weight is 613 g/mol. The topological polar surface area (TPSA) is 109 Å². The largest absolute Gasteiger partial charge is 0.463 e. The van der Waals surface area contributed by atoms with Crippen LogP contribution in [0, 0.1) is 10.1 Å². The average Bonchev–Trinajstić information content (AvgIpc) is 3.49. The first-order valence-electron chi connectivity index (χ1n) is 13.5. The molecule has 0 aliphatic carbocycles. The standard InChI is InChI=1S/C32H25ClN4O5S/c1-3-42-31(39)28-19(2)34-32-36(29(28)21-10-12-23(33)13-11-21)30(38)27(43-32)16-22-18-35(26-7-5-4-6-25(22)26)17-20-8-14-24(15-9-20)37(40)41/h4-16,18,29H,3,17H2,1-2H3/b27-16-. The van der Waals surface area contributed by atoms with Gasteiger partial charge in [-0.25, -0.2) is 9.79 Å². The lowest BCUT2D eigenvalue weighted by Crippen LogP contribution is -2.39. The highest BCUT2D eigenvalue weighted by Gasteiger charge is 2.33. The van der Waals surface area contributed by atoms with Gasteiger partial charge in [0, 0.05) is 46.4 Å². The van der Waals surface area contributed by atoms with E-state index in [9.17, 15) is 19.7 Å². The Morgan fingerprint density at radius 1 is 1.12 bits per heavy atom. The third kappa shape index (κ3) is 5.31. The molecule has 0 N–H and O–H groups in total. The number of nitrogens with zero attached hydrogens (tertiary/aromatic N) is 4. The summed E-state index contributed by atoms with van der Waals surface area (Å²) in [6.07, 6.45) is 3.82. The molecule has 2 aromatic heterocycles.